The highest BCUT2D eigenvalue weighted by atomic mass is 16.5. The first-order valence-corrected chi connectivity index (χ1v) is 16.2. The van der Waals surface area contributed by atoms with Gasteiger partial charge in [0.2, 0.25) is 0 Å². The van der Waals surface area contributed by atoms with Crippen molar-refractivity contribution in [2.75, 3.05) is 11.5 Å². The predicted octanol–water partition coefficient (Wildman–Crippen LogP) is 9.36. The van der Waals surface area contributed by atoms with Crippen molar-refractivity contribution in [2.24, 2.45) is 57.7 Å². The molecular weight excluding hydrogens is 464 g/mol. The van der Waals surface area contributed by atoms with Gasteiger partial charge in [0.15, 0.2) is 0 Å². The Morgan fingerprint density at radius 3 is 2.29 bits per heavy atom. The monoisotopic (exact) mass is 522 g/mol. The van der Waals surface area contributed by atoms with Crippen molar-refractivity contribution in [3.63, 3.8) is 0 Å². The number of hydrogen-bond donors (Lipinski definition) is 2. The zero-order valence-electron chi connectivity index (χ0n) is 25.7. The lowest BCUT2D eigenvalue weighted by Gasteiger charge is -2.65. The third kappa shape index (κ3) is 4.66. The summed E-state index contributed by atoms with van der Waals surface area (Å²) in [4.78, 5) is 0. The zero-order chi connectivity index (χ0) is 27.5. The molecule has 214 valence electrons. The summed E-state index contributed by atoms with van der Waals surface area (Å²) in [6.45, 7) is 17.7. The van der Waals surface area contributed by atoms with Crippen LogP contribution in [0.5, 0.6) is 5.75 Å². The van der Waals surface area contributed by atoms with Gasteiger partial charge in [-0.2, -0.15) is 0 Å². The molecule has 0 saturated heterocycles. The third-order valence-electron chi connectivity index (χ3n) is 13.1. The van der Waals surface area contributed by atoms with E-state index in [-0.39, 0.29) is 11.5 Å². The van der Waals surface area contributed by atoms with Gasteiger partial charge >= 0.3 is 0 Å². The Labute approximate surface area is 234 Å². The minimum absolute atomic E-state index is 0.124. The van der Waals surface area contributed by atoms with E-state index >= 15 is 0 Å². The molecule has 38 heavy (non-hydrogen) atoms. The van der Waals surface area contributed by atoms with Crippen LogP contribution in [0.15, 0.2) is 18.2 Å². The largest absolute Gasteiger partial charge is 0.488 e. The summed E-state index contributed by atoms with van der Waals surface area (Å²) in [6, 6.07) is 5.66. The van der Waals surface area contributed by atoms with Gasteiger partial charge in [-0.1, -0.05) is 67.7 Å². The lowest BCUT2D eigenvalue weighted by Crippen LogP contribution is -2.60. The van der Waals surface area contributed by atoms with Gasteiger partial charge in [-0.05, 0) is 116 Å². The van der Waals surface area contributed by atoms with Gasteiger partial charge < -0.3 is 16.2 Å². The first-order chi connectivity index (χ1) is 17.9. The fourth-order valence-electron chi connectivity index (χ4n) is 11.1. The molecule has 1 aromatic rings. The molecule has 0 radical (unpaired) electrons. The van der Waals surface area contributed by atoms with Gasteiger partial charge in [-0.25, -0.2) is 0 Å². The number of rotatable bonds is 7. The minimum Gasteiger partial charge on any atom is -0.488 e. The second-order valence-electron chi connectivity index (χ2n) is 15.8. The molecule has 3 heteroatoms. The van der Waals surface area contributed by atoms with Crippen molar-refractivity contribution in [3.05, 3.63) is 18.2 Å². The lowest BCUT2D eigenvalue weighted by molar-refractivity contribution is -0.174. The van der Waals surface area contributed by atoms with Crippen LogP contribution in [0.3, 0.4) is 0 Å². The Bertz CT molecular complexity index is 986. The molecule has 9 unspecified atom stereocenters. The Balaban J connectivity index is 1.31. The summed E-state index contributed by atoms with van der Waals surface area (Å²) in [5.41, 5.74) is 14.9. The van der Waals surface area contributed by atoms with Crippen LogP contribution in [0.25, 0.3) is 0 Å². The number of nitrogen functional groups attached to an aromatic ring is 2. The van der Waals surface area contributed by atoms with Crippen LogP contribution in [0, 0.1) is 57.7 Å². The molecule has 1 aromatic carbocycles. The van der Waals surface area contributed by atoms with E-state index in [0.29, 0.717) is 22.4 Å². The van der Waals surface area contributed by atoms with E-state index in [2.05, 4.69) is 48.5 Å². The second-order valence-corrected chi connectivity index (χ2v) is 15.8. The highest BCUT2D eigenvalue weighted by Gasteiger charge is 2.63. The van der Waals surface area contributed by atoms with Crippen molar-refractivity contribution in [2.45, 2.75) is 125 Å². The van der Waals surface area contributed by atoms with E-state index in [4.69, 9.17) is 16.2 Å². The van der Waals surface area contributed by atoms with E-state index in [1.54, 1.807) is 0 Å². The topological polar surface area (TPSA) is 61.3 Å². The fraction of sp³-hybridized carbons (Fsp3) is 0.829. The van der Waals surface area contributed by atoms with Crippen LogP contribution in [-0.2, 0) is 0 Å². The maximum atomic E-state index is 6.68. The average molecular weight is 523 g/mol. The van der Waals surface area contributed by atoms with Crippen molar-refractivity contribution < 1.29 is 4.74 Å². The van der Waals surface area contributed by atoms with Gasteiger partial charge in [0.05, 0.1) is 5.69 Å². The summed E-state index contributed by atoms with van der Waals surface area (Å²) in [7, 11) is 0. The molecule has 0 spiro atoms. The Morgan fingerprint density at radius 1 is 0.842 bits per heavy atom. The van der Waals surface area contributed by atoms with Gasteiger partial charge in [0.1, 0.15) is 11.9 Å². The highest BCUT2D eigenvalue weighted by molar-refractivity contribution is 5.59. The molecular formula is C35H58N2O. The first kappa shape index (κ1) is 28.2. The molecule has 0 aliphatic heterocycles. The number of fused-ring (bicyclic) bond motifs is 5. The van der Waals surface area contributed by atoms with Gasteiger partial charge in [0, 0.05) is 17.2 Å². The third-order valence-corrected chi connectivity index (χ3v) is 13.1. The van der Waals surface area contributed by atoms with Crippen LogP contribution in [-0.4, -0.2) is 6.10 Å². The van der Waals surface area contributed by atoms with E-state index in [9.17, 15) is 0 Å². The summed E-state index contributed by atoms with van der Waals surface area (Å²) in [5, 5.41) is 0. The van der Waals surface area contributed by atoms with Crippen LogP contribution in [0.2, 0.25) is 0 Å². The first-order valence-electron chi connectivity index (χ1n) is 16.2. The molecule has 4 N–H and O–H groups in total. The predicted molar refractivity (Wildman–Crippen MR) is 162 cm³/mol. The quantitative estimate of drug-likeness (QED) is 0.351. The molecule has 4 aliphatic rings. The maximum Gasteiger partial charge on any atom is 0.144 e. The number of anilines is 2. The molecule has 9 atom stereocenters. The average Bonchev–Trinajstić information content (AvgIpc) is 3.20. The van der Waals surface area contributed by atoms with Gasteiger partial charge in [-0.3, -0.25) is 0 Å². The number of hydrogen-bond acceptors (Lipinski definition) is 3. The number of benzene rings is 1. The van der Waals surface area contributed by atoms with E-state index < -0.39 is 0 Å². The van der Waals surface area contributed by atoms with Crippen molar-refractivity contribution in [3.8, 4) is 5.75 Å². The van der Waals surface area contributed by atoms with Gasteiger partial charge in [-0.15, -0.1) is 0 Å². The zero-order valence-corrected chi connectivity index (χ0v) is 25.7. The maximum absolute atomic E-state index is 6.68. The summed E-state index contributed by atoms with van der Waals surface area (Å²) >= 11 is 0. The Kier molecular flexibility index (Phi) is 7.58. The molecule has 4 aliphatic carbocycles. The molecule has 3 nitrogen and oxygen atoms in total. The normalized spacial score (nSPS) is 40.7. The molecule has 5 rings (SSSR count). The summed E-state index contributed by atoms with van der Waals surface area (Å²) in [5.74, 6) is 6.90. The van der Waals surface area contributed by atoms with E-state index in [1.807, 2.05) is 18.2 Å². The fourth-order valence-corrected chi connectivity index (χ4v) is 11.1. The summed E-state index contributed by atoms with van der Waals surface area (Å²) in [6.07, 6.45) is 15.5. The van der Waals surface area contributed by atoms with Crippen molar-refractivity contribution in [1.82, 2.24) is 0 Å². The number of nitrogens with two attached hydrogens (primary N) is 2. The molecule has 4 fully saturated rings. The molecule has 0 bridgehead atoms. The highest BCUT2D eigenvalue weighted by Crippen LogP contribution is 2.70. The Morgan fingerprint density at radius 2 is 1.55 bits per heavy atom. The van der Waals surface area contributed by atoms with Crippen LogP contribution in [0.1, 0.15) is 119 Å². The van der Waals surface area contributed by atoms with Crippen LogP contribution < -0.4 is 16.2 Å². The molecule has 0 amide bonds. The SMILES string of the molecule is CC(C)CCCC(C)C1CCC2C3CCC4C(C)(C)C(Oc5cc(N)ccc5N)CCC4(C)C3CCC12C. The smallest absolute Gasteiger partial charge is 0.144 e. The van der Waals surface area contributed by atoms with Crippen LogP contribution >= 0.6 is 0 Å². The lowest BCUT2D eigenvalue weighted by atomic mass is 9.41. The van der Waals surface area contributed by atoms with Crippen molar-refractivity contribution >= 4 is 11.4 Å². The van der Waals surface area contributed by atoms with Gasteiger partial charge in [0.25, 0.3) is 0 Å². The molecule has 0 heterocycles. The number of ether oxygens (including phenoxy) is 1. The second kappa shape index (κ2) is 10.2. The molecule has 4 saturated carbocycles. The standard InChI is InChI=1S/C35H58N2O/c1-22(2)9-8-10-23(3)26-13-14-27-25-12-16-31-33(4,5)32(38-30-21-24(36)11-15-29(30)37)18-20-35(31,7)28(25)17-19-34(26,27)6/h11,15,21-23,25-28,31-32H,8-10,12-14,16-20,36-37H2,1-7H3. The van der Waals surface area contributed by atoms with E-state index in [1.165, 1.54) is 64.2 Å². The van der Waals surface area contributed by atoms with Crippen molar-refractivity contribution in [1.29, 1.82) is 0 Å². The minimum atomic E-state index is 0.124. The summed E-state index contributed by atoms with van der Waals surface area (Å²) < 4.78 is 6.68. The van der Waals surface area contributed by atoms with Crippen LogP contribution in [0.4, 0.5) is 11.4 Å². The van der Waals surface area contributed by atoms with E-state index in [0.717, 1.165) is 53.4 Å². The molecule has 0 aromatic heterocycles. The Hall–Kier alpha value is -1.38.